The van der Waals surface area contributed by atoms with E-state index in [2.05, 4.69) is 26.1 Å². The monoisotopic (exact) mass is 372 g/mol. The molecule has 1 aromatic heterocycles. The maximum atomic E-state index is 11.7. The van der Waals surface area contributed by atoms with Crippen molar-refractivity contribution >= 4 is 26.0 Å². The van der Waals surface area contributed by atoms with E-state index < -0.39 is 10.0 Å². The van der Waals surface area contributed by atoms with E-state index in [1.807, 2.05) is 39.0 Å². The number of primary sulfonamides is 1. The van der Waals surface area contributed by atoms with Crippen molar-refractivity contribution in [1.82, 2.24) is 14.8 Å². The Bertz CT molecular complexity index is 748. The average Bonchev–Trinajstić information content (AvgIpc) is 2.69. The van der Waals surface area contributed by atoms with Gasteiger partial charge in [0.2, 0.25) is 0 Å². The third kappa shape index (κ3) is 3.69. The summed E-state index contributed by atoms with van der Waals surface area (Å²) in [7, 11) is -3.91. The van der Waals surface area contributed by atoms with Gasteiger partial charge in [0.05, 0.1) is 0 Å². The van der Waals surface area contributed by atoms with E-state index in [4.69, 9.17) is 5.14 Å². The Morgan fingerprint density at radius 1 is 1.29 bits per heavy atom. The third-order valence-corrected chi connectivity index (χ3v) is 4.09. The summed E-state index contributed by atoms with van der Waals surface area (Å²) in [6.45, 7) is 6.41. The second kappa shape index (κ2) is 5.86. The molecular formula is C13H17BrN4O2S. The fourth-order valence-electron chi connectivity index (χ4n) is 2.11. The van der Waals surface area contributed by atoms with Crippen molar-refractivity contribution in [3.63, 3.8) is 0 Å². The first-order chi connectivity index (χ1) is 9.68. The lowest BCUT2D eigenvalue weighted by Gasteiger charge is -2.12. The number of hydrogen-bond acceptors (Lipinski definition) is 4. The van der Waals surface area contributed by atoms with Crippen LogP contribution in [0.3, 0.4) is 0 Å². The molecule has 0 aliphatic rings. The van der Waals surface area contributed by atoms with Gasteiger partial charge < -0.3 is 0 Å². The van der Waals surface area contributed by atoms with Crippen LogP contribution in [0.5, 0.6) is 0 Å². The van der Waals surface area contributed by atoms with Crippen LogP contribution < -0.4 is 5.14 Å². The van der Waals surface area contributed by atoms with Crippen LogP contribution in [-0.4, -0.2) is 23.2 Å². The molecule has 6 nitrogen and oxygen atoms in total. The van der Waals surface area contributed by atoms with Gasteiger partial charge in [-0.1, -0.05) is 29.8 Å². The molecule has 0 fully saturated rings. The zero-order valence-electron chi connectivity index (χ0n) is 12.0. The molecule has 0 amide bonds. The highest BCUT2D eigenvalue weighted by molar-refractivity contribution is 9.10. The smallest absolute Gasteiger partial charge is 0.273 e. The first-order valence-electron chi connectivity index (χ1n) is 6.42. The van der Waals surface area contributed by atoms with Crippen molar-refractivity contribution in [3.05, 3.63) is 28.2 Å². The highest BCUT2D eigenvalue weighted by Gasteiger charge is 2.22. The predicted octanol–water partition coefficient (Wildman–Crippen LogP) is 2.32. The van der Waals surface area contributed by atoms with Gasteiger partial charge in [-0.25, -0.2) is 13.6 Å². The summed E-state index contributed by atoms with van der Waals surface area (Å²) in [4.78, 5) is 0. The van der Waals surface area contributed by atoms with Crippen LogP contribution in [-0.2, 0) is 16.6 Å². The number of hydrogen-bond donors (Lipinski definition) is 1. The molecule has 1 aromatic carbocycles. The fraction of sp³-hybridized carbons (Fsp3) is 0.385. The number of halogens is 1. The molecule has 21 heavy (non-hydrogen) atoms. The number of nitrogens with two attached hydrogens (primary N) is 1. The second-order valence-corrected chi connectivity index (χ2v) is 7.74. The summed E-state index contributed by atoms with van der Waals surface area (Å²) in [6, 6.07) is 5.77. The Kier molecular flexibility index (Phi) is 4.50. The summed E-state index contributed by atoms with van der Waals surface area (Å²) in [5.41, 5.74) is 1.83. The van der Waals surface area contributed by atoms with Crippen LogP contribution in [0.25, 0.3) is 11.4 Å². The van der Waals surface area contributed by atoms with E-state index in [0.717, 1.165) is 15.6 Å². The van der Waals surface area contributed by atoms with E-state index in [1.54, 1.807) is 4.57 Å². The molecule has 0 atom stereocenters. The van der Waals surface area contributed by atoms with Gasteiger partial charge in [0, 0.05) is 16.6 Å². The zero-order valence-corrected chi connectivity index (χ0v) is 14.4. The minimum atomic E-state index is -3.91. The molecular weight excluding hydrogens is 356 g/mol. The van der Waals surface area contributed by atoms with E-state index in [0.29, 0.717) is 12.4 Å². The van der Waals surface area contributed by atoms with Crippen molar-refractivity contribution < 1.29 is 8.42 Å². The van der Waals surface area contributed by atoms with Crippen LogP contribution in [0.15, 0.2) is 27.8 Å². The Morgan fingerprint density at radius 2 is 1.95 bits per heavy atom. The van der Waals surface area contributed by atoms with E-state index in [9.17, 15) is 8.42 Å². The highest BCUT2D eigenvalue weighted by Crippen LogP contribution is 2.25. The molecule has 114 valence electrons. The molecule has 8 heteroatoms. The van der Waals surface area contributed by atoms with Crippen LogP contribution in [0.2, 0.25) is 0 Å². The predicted molar refractivity (Wildman–Crippen MR) is 84.1 cm³/mol. The Labute approximate surface area is 132 Å². The second-order valence-electron chi connectivity index (χ2n) is 5.37. The zero-order chi connectivity index (χ0) is 15.8. The molecule has 0 saturated carbocycles. The molecule has 0 radical (unpaired) electrons. The lowest BCUT2D eigenvalue weighted by molar-refractivity contribution is 0.486. The maximum Gasteiger partial charge on any atom is 0.273 e. The molecule has 0 bridgehead atoms. The van der Waals surface area contributed by atoms with Crippen molar-refractivity contribution in [3.8, 4) is 11.4 Å². The normalized spacial score (nSPS) is 12.1. The maximum absolute atomic E-state index is 11.7. The number of benzene rings is 1. The number of aryl methyl sites for hydroxylation is 1. The summed E-state index contributed by atoms with van der Waals surface area (Å²) >= 11 is 3.43. The highest BCUT2D eigenvalue weighted by atomic mass is 79.9. The van der Waals surface area contributed by atoms with Crippen molar-refractivity contribution in [2.24, 2.45) is 11.1 Å². The quantitative estimate of drug-likeness (QED) is 0.891. The van der Waals surface area contributed by atoms with Gasteiger partial charge in [-0.2, -0.15) is 0 Å². The number of nitrogens with zero attached hydrogens (tertiary/aromatic N) is 3. The Balaban J connectivity index is 2.66. The SMILES string of the molecule is Cc1cc(Br)cc(-c2nnc(S(N)(=O)=O)n2CC(C)C)c1. The Morgan fingerprint density at radius 3 is 2.48 bits per heavy atom. The first-order valence-corrected chi connectivity index (χ1v) is 8.76. The van der Waals surface area contributed by atoms with Crippen molar-refractivity contribution in [2.45, 2.75) is 32.5 Å². The molecule has 1 heterocycles. The van der Waals surface area contributed by atoms with Gasteiger partial charge in [0.15, 0.2) is 5.82 Å². The van der Waals surface area contributed by atoms with Gasteiger partial charge in [-0.15, -0.1) is 10.2 Å². The minimum Gasteiger partial charge on any atom is -0.296 e. The number of sulfonamides is 1. The van der Waals surface area contributed by atoms with E-state index in [1.165, 1.54) is 0 Å². The number of rotatable bonds is 4. The molecule has 2 N–H and O–H groups in total. The van der Waals surface area contributed by atoms with Crippen LogP contribution in [0.4, 0.5) is 0 Å². The topological polar surface area (TPSA) is 90.9 Å². The first kappa shape index (κ1) is 16.1. The van der Waals surface area contributed by atoms with Gasteiger partial charge in [0.25, 0.3) is 15.2 Å². The van der Waals surface area contributed by atoms with Crippen molar-refractivity contribution in [2.75, 3.05) is 0 Å². The minimum absolute atomic E-state index is 0.205. The molecule has 0 unspecified atom stereocenters. The van der Waals surface area contributed by atoms with Gasteiger partial charge in [-0.3, -0.25) is 4.57 Å². The van der Waals surface area contributed by atoms with Gasteiger partial charge in [-0.05, 0) is 36.6 Å². The summed E-state index contributed by atoms with van der Waals surface area (Å²) in [6.07, 6.45) is 0. The largest absolute Gasteiger partial charge is 0.296 e. The average molecular weight is 373 g/mol. The molecule has 0 aliphatic heterocycles. The molecule has 0 spiro atoms. The molecule has 0 saturated heterocycles. The van der Waals surface area contributed by atoms with E-state index in [-0.39, 0.29) is 11.1 Å². The van der Waals surface area contributed by atoms with Gasteiger partial charge in [0.1, 0.15) is 0 Å². The van der Waals surface area contributed by atoms with E-state index >= 15 is 0 Å². The Hall–Kier alpha value is -1.25. The van der Waals surface area contributed by atoms with Crippen molar-refractivity contribution in [1.29, 1.82) is 0 Å². The van der Waals surface area contributed by atoms with Crippen LogP contribution in [0, 0.1) is 12.8 Å². The number of aromatic nitrogens is 3. The standard InChI is InChI=1S/C13H17BrN4O2S/c1-8(2)7-18-12(16-17-13(18)21(15,19)20)10-4-9(3)5-11(14)6-10/h4-6,8H,7H2,1-3H3,(H2,15,19,20). The summed E-state index contributed by atoms with van der Waals surface area (Å²) in [5.74, 6) is 0.727. The lowest BCUT2D eigenvalue weighted by Crippen LogP contribution is -2.20. The summed E-state index contributed by atoms with van der Waals surface area (Å²) in [5, 5.41) is 12.8. The molecule has 2 rings (SSSR count). The molecule has 0 aliphatic carbocycles. The fourth-order valence-corrected chi connectivity index (χ4v) is 3.34. The third-order valence-electron chi connectivity index (χ3n) is 2.82. The molecule has 2 aromatic rings. The van der Waals surface area contributed by atoms with Gasteiger partial charge >= 0.3 is 0 Å². The van der Waals surface area contributed by atoms with Crippen LogP contribution >= 0.6 is 15.9 Å². The summed E-state index contributed by atoms with van der Waals surface area (Å²) < 4.78 is 25.8. The van der Waals surface area contributed by atoms with Crippen LogP contribution in [0.1, 0.15) is 19.4 Å². The lowest BCUT2D eigenvalue weighted by atomic mass is 10.1.